The van der Waals surface area contributed by atoms with E-state index in [1.165, 1.54) is 15.9 Å². The number of nitrogens with zero attached hydrogens (tertiary/aromatic N) is 2. The van der Waals surface area contributed by atoms with E-state index >= 15 is 0 Å². The average molecular weight is 447 g/mol. The van der Waals surface area contributed by atoms with Crippen molar-refractivity contribution in [2.75, 3.05) is 13.7 Å². The van der Waals surface area contributed by atoms with Crippen LogP contribution in [0.2, 0.25) is 0 Å². The van der Waals surface area contributed by atoms with Gasteiger partial charge in [-0.15, -0.1) is 11.3 Å². The molecule has 0 bridgehead atoms. The summed E-state index contributed by atoms with van der Waals surface area (Å²) >= 11 is 1.45. The first-order valence-electron chi connectivity index (χ1n) is 10.6. The van der Waals surface area contributed by atoms with Crippen LogP contribution in [-0.4, -0.2) is 29.1 Å². The molecule has 2 aromatic heterocycles. The zero-order valence-corrected chi connectivity index (χ0v) is 19.6. The first-order chi connectivity index (χ1) is 15.4. The molecule has 32 heavy (non-hydrogen) atoms. The van der Waals surface area contributed by atoms with Crippen LogP contribution in [0.5, 0.6) is 0 Å². The lowest BCUT2D eigenvalue weighted by molar-refractivity contribution is 0.0968. The highest BCUT2D eigenvalue weighted by molar-refractivity contribution is 7.17. The summed E-state index contributed by atoms with van der Waals surface area (Å²) in [5.41, 5.74) is 5.58. The molecule has 0 aliphatic carbocycles. The standard InChI is InChI=1S/C26H26N2O3S/c1-16-5-8-19(9-6-16)21-15-32-25-24(21)26(30)28(23(27-25)11-12-31-4)14-22(29)20-10-7-17(2)18(3)13-20/h5-10,13,15H,11-12,14H2,1-4H3. The fourth-order valence-corrected chi connectivity index (χ4v) is 4.67. The van der Waals surface area contributed by atoms with E-state index < -0.39 is 0 Å². The molecule has 0 spiro atoms. The SMILES string of the molecule is COCCc1nc2scc(-c3ccc(C)cc3)c2c(=O)n1CC(=O)c1ccc(C)c(C)c1. The summed E-state index contributed by atoms with van der Waals surface area (Å²) < 4.78 is 6.74. The van der Waals surface area contributed by atoms with Gasteiger partial charge in [-0.05, 0) is 43.5 Å². The molecule has 0 saturated heterocycles. The van der Waals surface area contributed by atoms with Gasteiger partial charge in [0.15, 0.2) is 5.78 Å². The van der Waals surface area contributed by atoms with E-state index in [1.54, 1.807) is 7.11 Å². The second-order valence-corrected chi connectivity index (χ2v) is 8.94. The summed E-state index contributed by atoms with van der Waals surface area (Å²) in [7, 11) is 1.61. The number of aryl methyl sites for hydroxylation is 3. The smallest absolute Gasteiger partial charge is 0.263 e. The summed E-state index contributed by atoms with van der Waals surface area (Å²) in [5, 5.41) is 2.53. The first-order valence-corrected chi connectivity index (χ1v) is 11.4. The van der Waals surface area contributed by atoms with Gasteiger partial charge in [0, 0.05) is 30.0 Å². The van der Waals surface area contributed by atoms with Crippen LogP contribution in [0.3, 0.4) is 0 Å². The Balaban J connectivity index is 1.83. The van der Waals surface area contributed by atoms with Crippen molar-refractivity contribution in [1.82, 2.24) is 9.55 Å². The van der Waals surface area contributed by atoms with Gasteiger partial charge < -0.3 is 4.74 Å². The van der Waals surface area contributed by atoms with E-state index in [4.69, 9.17) is 9.72 Å². The van der Waals surface area contributed by atoms with E-state index in [-0.39, 0.29) is 17.9 Å². The molecular formula is C26H26N2O3S. The lowest BCUT2D eigenvalue weighted by Crippen LogP contribution is -2.29. The minimum atomic E-state index is -0.185. The molecule has 2 heterocycles. The molecule has 2 aromatic carbocycles. The van der Waals surface area contributed by atoms with Crippen LogP contribution in [-0.2, 0) is 17.7 Å². The lowest BCUT2D eigenvalue weighted by atomic mass is 10.0. The fraction of sp³-hybridized carbons (Fsp3) is 0.269. The molecule has 4 aromatic rings. The van der Waals surface area contributed by atoms with E-state index in [2.05, 4.69) is 0 Å². The van der Waals surface area contributed by atoms with Crippen molar-refractivity contribution in [1.29, 1.82) is 0 Å². The zero-order chi connectivity index (χ0) is 22.8. The molecule has 0 N–H and O–H groups in total. The van der Waals surface area contributed by atoms with Crippen LogP contribution in [0.25, 0.3) is 21.3 Å². The molecule has 0 unspecified atom stereocenters. The van der Waals surface area contributed by atoms with Gasteiger partial charge in [-0.1, -0.05) is 42.0 Å². The van der Waals surface area contributed by atoms with Gasteiger partial charge in [-0.2, -0.15) is 0 Å². The predicted octanol–water partition coefficient (Wildman–Crippen LogP) is 5.12. The van der Waals surface area contributed by atoms with Crippen LogP contribution in [0, 0.1) is 20.8 Å². The van der Waals surface area contributed by atoms with Crippen LogP contribution < -0.4 is 5.56 Å². The maximum absolute atomic E-state index is 13.7. The number of benzene rings is 2. The molecule has 0 radical (unpaired) electrons. The first kappa shape index (κ1) is 22.1. The van der Waals surface area contributed by atoms with Gasteiger partial charge in [0.05, 0.1) is 18.5 Å². The summed E-state index contributed by atoms with van der Waals surface area (Å²) in [6.45, 7) is 6.40. The number of Topliss-reactive ketones (excluding diaryl/α,β-unsaturated/α-hetero) is 1. The third-order valence-corrected chi connectivity index (χ3v) is 6.67. The van der Waals surface area contributed by atoms with E-state index in [0.29, 0.717) is 34.6 Å². The van der Waals surface area contributed by atoms with E-state index in [1.807, 2.05) is 68.6 Å². The number of ketones is 1. The number of carbonyl (C=O) groups is 1. The number of hydrogen-bond acceptors (Lipinski definition) is 5. The molecule has 164 valence electrons. The average Bonchev–Trinajstić information content (AvgIpc) is 3.21. The van der Waals surface area contributed by atoms with Gasteiger partial charge in [0.1, 0.15) is 10.7 Å². The van der Waals surface area contributed by atoms with Gasteiger partial charge >= 0.3 is 0 Å². The highest BCUT2D eigenvalue weighted by Crippen LogP contribution is 2.31. The summed E-state index contributed by atoms with van der Waals surface area (Å²) in [6, 6.07) is 13.7. The van der Waals surface area contributed by atoms with Gasteiger partial charge in [0.2, 0.25) is 0 Å². The van der Waals surface area contributed by atoms with Crippen molar-refractivity contribution < 1.29 is 9.53 Å². The monoisotopic (exact) mass is 446 g/mol. The third kappa shape index (κ3) is 4.29. The third-order valence-electron chi connectivity index (χ3n) is 5.80. The molecule has 0 fully saturated rings. The van der Waals surface area contributed by atoms with Crippen LogP contribution >= 0.6 is 11.3 Å². The number of thiophene rings is 1. The largest absolute Gasteiger partial charge is 0.384 e. The summed E-state index contributed by atoms with van der Waals surface area (Å²) in [4.78, 5) is 32.2. The maximum Gasteiger partial charge on any atom is 0.263 e. The number of aromatic nitrogens is 2. The van der Waals surface area contributed by atoms with Crippen molar-refractivity contribution >= 4 is 27.3 Å². The lowest BCUT2D eigenvalue weighted by Gasteiger charge is -2.13. The number of methoxy groups -OCH3 is 1. The Morgan fingerprint density at radius 3 is 2.50 bits per heavy atom. The molecule has 0 aliphatic heterocycles. The highest BCUT2D eigenvalue weighted by atomic mass is 32.1. The van der Waals surface area contributed by atoms with Crippen molar-refractivity contribution in [3.63, 3.8) is 0 Å². The normalized spacial score (nSPS) is 11.2. The van der Waals surface area contributed by atoms with Gasteiger partial charge in [0.25, 0.3) is 5.56 Å². The zero-order valence-electron chi connectivity index (χ0n) is 18.8. The fourth-order valence-electron chi connectivity index (χ4n) is 3.71. The van der Waals surface area contributed by atoms with E-state index in [0.717, 1.165) is 27.8 Å². The summed E-state index contributed by atoms with van der Waals surface area (Å²) in [5.74, 6) is 0.459. The molecule has 0 amide bonds. The van der Waals surface area contributed by atoms with Crippen molar-refractivity contribution in [2.24, 2.45) is 0 Å². The number of ether oxygens (including phenoxy) is 1. The molecule has 5 nitrogen and oxygen atoms in total. The quantitative estimate of drug-likeness (QED) is 0.370. The molecule has 0 aliphatic rings. The Kier molecular flexibility index (Phi) is 6.35. The van der Waals surface area contributed by atoms with Gasteiger partial charge in [-0.25, -0.2) is 4.98 Å². The van der Waals surface area contributed by atoms with Crippen LogP contribution in [0.1, 0.15) is 32.9 Å². The maximum atomic E-state index is 13.7. The Hall–Kier alpha value is -3.09. The molecule has 0 atom stereocenters. The Bertz CT molecular complexity index is 1350. The molecule has 6 heteroatoms. The highest BCUT2D eigenvalue weighted by Gasteiger charge is 2.19. The van der Waals surface area contributed by atoms with Crippen molar-refractivity contribution in [2.45, 2.75) is 33.7 Å². The van der Waals surface area contributed by atoms with Crippen molar-refractivity contribution in [3.8, 4) is 11.1 Å². The number of fused-ring (bicyclic) bond motifs is 1. The molecular weight excluding hydrogens is 420 g/mol. The minimum absolute atomic E-state index is 0.0491. The number of hydrogen-bond donors (Lipinski definition) is 0. The number of rotatable bonds is 7. The minimum Gasteiger partial charge on any atom is -0.384 e. The Morgan fingerprint density at radius 1 is 1.06 bits per heavy atom. The Morgan fingerprint density at radius 2 is 1.81 bits per heavy atom. The van der Waals surface area contributed by atoms with Crippen molar-refractivity contribution in [3.05, 3.63) is 86.3 Å². The molecule has 4 rings (SSSR count). The van der Waals surface area contributed by atoms with Crippen LogP contribution in [0.15, 0.2) is 52.6 Å². The second kappa shape index (κ2) is 9.18. The number of carbonyl (C=O) groups excluding carboxylic acids is 1. The topological polar surface area (TPSA) is 61.2 Å². The predicted molar refractivity (Wildman–Crippen MR) is 130 cm³/mol. The van der Waals surface area contributed by atoms with Crippen LogP contribution in [0.4, 0.5) is 0 Å². The van der Waals surface area contributed by atoms with E-state index in [9.17, 15) is 9.59 Å². The molecule has 0 saturated carbocycles. The Labute approximate surface area is 191 Å². The second-order valence-electron chi connectivity index (χ2n) is 8.08. The van der Waals surface area contributed by atoms with Gasteiger partial charge in [-0.3, -0.25) is 14.2 Å². The summed E-state index contributed by atoms with van der Waals surface area (Å²) in [6.07, 6.45) is 0.458.